The van der Waals surface area contributed by atoms with Gasteiger partial charge in [-0.1, -0.05) is 29.5 Å². The number of thioether (sulfide) groups is 1. The van der Waals surface area contributed by atoms with E-state index in [-0.39, 0.29) is 5.75 Å². The van der Waals surface area contributed by atoms with Crippen molar-refractivity contribution < 1.29 is 9.90 Å². The topological polar surface area (TPSA) is 68.0 Å². The predicted molar refractivity (Wildman–Crippen MR) is 78.7 cm³/mol. The molecule has 0 saturated heterocycles. The zero-order valence-electron chi connectivity index (χ0n) is 12.0. The van der Waals surface area contributed by atoms with Crippen LogP contribution in [0.15, 0.2) is 17.3 Å². The Labute approximate surface area is 122 Å². The molecular formula is C14H17N3O2S. The summed E-state index contributed by atoms with van der Waals surface area (Å²) < 4.78 is 1.93. The van der Waals surface area contributed by atoms with Crippen LogP contribution in [0.25, 0.3) is 5.69 Å². The molecule has 0 aliphatic rings. The molecule has 1 heterocycles. The van der Waals surface area contributed by atoms with Crippen molar-refractivity contribution in [2.24, 2.45) is 0 Å². The number of nitrogens with zero attached hydrogens (tertiary/aromatic N) is 3. The van der Waals surface area contributed by atoms with E-state index in [0.717, 1.165) is 22.6 Å². The summed E-state index contributed by atoms with van der Waals surface area (Å²) in [4.78, 5) is 10.7. The maximum atomic E-state index is 10.7. The number of benzene rings is 1. The lowest BCUT2D eigenvalue weighted by Crippen LogP contribution is -2.06. The first-order chi connectivity index (χ1) is 9.40. The van der Waals surface area contributed by atoms with Crippen LogP contribution in [0.3, 0.4) is 0 Å². The maximum Gasteiger partial charge on any atom is 0.313 e. The first kappa shape index (κ1) is 14.6. The number of hydrogen-bond acceptors (Lipinski definition) is 4. The molecule has 1 N–H and O–H groups in total. The number of carboxylic acid groups (broad SMARTS) is 1. The van der Waals surface area contributed by atoms with Crippen LogP contribution in [0.4, 0.5) is 0 Å². The molecule has 0 amide bonds. The monoisotopic (exact) mass is 291 g/mol. The van der Waals surface area contributed by atoms with Gasteiger partial charge in [0.05, 0.1) is 11.4 Å². The van der Waals surface area contributed by atoms with Crippen molar-refractivity contribution in [3.05, 3.63) is 34.6 Å². The fourth-order valence-corrected chi connectivity index (χ4v) is 3.05. The van der Waals surface area contributed by atoms with E-state index in [1.54, 1.807) is 0 Å². The molecule has 0 aliphatic carbocycles. The van der Waals surface area contributed by atoms with Crippen molar-refractivity contribution in [3.8, 4) is 5.69 Å². The van der Waals surface area contributed by atoms with Gasteiger partial charge in [-0.3, -0.25) is 9.36 Å². The number of rotatable bonds is 4. The van der Waals surface area contributed by atoms with Crippen LogP contribution >= 0.6 is 11.8 Å². The Kier molecular flexibility index (Phi) is 4.13. The van der Waals surface area contributed by atoms with Crippen LogP contribution in [0, 0.1) is 27.7 Å². The van der Waals surface area contributed by atoms with Gasteiger partial charge in [0.2, 0.25) is 0 Å². The zero-order valence-corrected chi connectivity index (χ0v) is 12.8. The van der Waals surface area contributed by atoms with Gasteiger partial charge in [0, 0.05) is 0 Å². The standard InChI is InChI=1S/C14H17N3O2S/c1-8-5-9(2)13(10(3)6-8)17-11(4)15-16-14(17)20-7-12(18)19/h5-6H,7H2,1-4H3,(H,18,19). The lowest BCUT2D eigenvalue weighted by molar-refractivity contribution is -0.133. The average Bonchev–Trinajstić information content (AvgIpc) is 2.67. The summed E-state index contributed by atoms with van der Waals surface area (Å²) in [5, 5.41) is 17.6. The van der Waals surface area contributed by atoms with Crippen LogP contribution in [0.1, 0.15) is 22.5 Å². The summed E-state index contributed by atoms with van der Waals surface area (Å²) in [5.41, 5.74) is 4.49. The zero-order chi connectivity index (χ0) is 14.9. The van der Waals surface area contributed by atoms with Crippen molar-refractivity contribution in [2.45, 2.75) is 32.9 Å². The van der Waals surface area contributed by atoms with E-state index < -0.39 is 5.97 Å². The molecule has 1 aromatic heterocycles. The molecular weight excluding hydrogens is 274 g/mol. The van der Waals surface area contributed by atoms with Gasteiger partial charge in [0.15, 0.2) is 5.16 Å². The lowest BCUT2D eigenvalue weighted by Gasteiger charge is -2.15. The van der Waals surface area contributed by atoms with E-state index in [1.807, 2.05) is 25.3 Å². The van der Waals surface area contributed by atoms with E-state index in [0.29, 0.717) is 5.16 Å². The second kappa shape index (κ2) is 5.66. The smallest absolute Gasteiger partial charge is 0.313 e. The van der Waals surface area contributed by atoms with E-state index in [1.165, 1.54) is 17.3 Å². The van der Waals surface area contributed by atoms with Gasteiger partial charge in [0.1, 0.15) is 5.82 Å². The molecule has 0 spiro atoms. The number of hydrogen-bond donors (Lipinski definition) is 1. The Bertz CT molecular complexity index is 641. The third kappa shape index (κ3) is 2.85. The molecule has 20 heavy (non-hydrogen) atoms. The molecule has 106 valence electrons. The van der Waals surface area contributed by atoms with Crippen LogP contribution in [-0.2, 0) is 4.79 Å². The van der Waals surface area contributed by atoms with Gasteiger partial charge in [0.25, 0.3) is 0 Å². The molecule has 0 unspecified atom stereocenters. The molecule has 2 rings (SSSR count). The third-order valence-electron chi connectivity index (χ3n) is 2.98. The van der Waals surface area contributed by atoms with E-state index in [9.17, 15) is 4.79 Å². The van der Waals surface area contributed by atoms with Crippen LogP contribution in [0.2, 0.25) is 0 Å². The van der Waals surface area contributed by atoms with Crippen molar-refractivity contribution in [1.29, 1.82) is 0 Å². The van der Waals surface area contributed by atoms with Crippen molar-refractivity contribution >= 4 is 17.7 Å². The van der Waals surface area contributed by atoms with Gasteiger partial charge in [-0.15, -0.1) is 10.2 Å². The number of aryl methyl sites for hydroxylation is 4. The predicted octanol–water partition coefficient (Wildman–Crippen LogP) is 2.68. The summed E-state index contributed by atoms with van der Waals surface area (Å²) in [7, 11) is 0. The van der Waals surface area contributed by atoms with E-state index in [2.05, 4.69) is 29.3 Å². The quantitative estimate of drug-likeness (QED) is 0.877. The minimum Gasteiger partial charge on any atom is -0.481 e. The second-order valence-corrected chi connectivity index (χ2v) is 5.74. The second-order valence-electron chi connectivity index (χ2n) is 4.79. The molecule has 2 aromatic rings. The Morgan fingerprint density at radius 1 is 1.20 bits per heavy atom. The number of carboxylic acids is 1. The number of carbonyl (C=O) groups is 1. The van der Waals surface area contributed by atoms with Crippen LogP contribution in [-0.4, -0.2) is 31.6 Å². The maximum absolute atomic E-state index is 10.7. The fraction of sp³-hybridized carbons (Fsp3) is 0.357. The molecule has 0 aliphatic heterocycles. The minimum absolute atomic E-state index is 0.0257. The summed E-state index contributed by atoms with van der Waals surface area (Å²) >= 11 is 1.18. The van der Waals surface area contributed by atoms with Gasteiger partial charge >= 0.3 is 5.97 Å². The summed E-state index contributed by atoms with van der Waals surface area (Å²) in [6, 6.07) is 4.21. The average molecular weight is 291 g/mol. The van der Waals surface area contributed by atoms with Crippen molar-refractivity contribution in [3.63, 3.8) is 0 Å². The largest absolute Gasteiger partial charge is 0.481 e. The first-order valence-corrected chi connectivity index (χ1v) is 7.23. The summed E-state index contributed by atoms with van der Waals surface area (Å²) in [6.45, 7) is 8.01. The molecule has 6 heteroatoms. The lowest BCUT2D eigenvalue weighted by atomic mass is 10.1. The molecule has 0 atom stereocenters. The van der Waals surface area contributed by atoms with Gasteiger partial charge in [-0.25, -0.2) is 0 Å². The van der Waals surface area contributed by atoms with Gasteiger partial charge < -0.3 is 5.11 Å². The molecule has 1 aromatic carbocycles. The molecule has 0 fully saturated rings. The SMILES string of the molecule is Cc1cc(C)c(-n2c(C)nnc2SCC(=O)O)c(C)c1. The molecule has 0 radical (unpaired) electrons. The van der Waals surface area contributed by atoms with Crippen LogP contribution < -0.4 is 0 Å². The normalized spacial score (nSPS) is 10.8. The minimum atomic E-state index is -0.862. The summed E-state index contributed by atoms with van der Waals surface area (Å²) in [6.07, 6.45) is 0. The highest BCUT2D eigenvalue weighted by Gasteiger charge is 2.16. The van der Waals surface area contributed by atoms with E-state index >= 15 is 0 Å². The highest BCUT2D eigenvalue weighted by Crippen LogP contribution is 2.27. The first-order valence-electron chi connectivity index (χ1n) is 6.25. The molecule has 5 nitrogen and oxygen atoms in total. The Morgan fingerprint density at radius 3 is 2.35 bits per heavy atom. The molecule has 0 saturated carbocycles. The fourth-order valence-electron chi connectivity index (χ4n) is 2.35. The van der Waals surface area contributed by atoms with Gasteiger partial charge in [-0.2, -0.15) is 0 Å². The number of aromatic nitrogens is 3. The Hall–Kier alpha value is -1.82. The Balaban J connectivity index is 2.52. The van der Waals surface area contributed by atoms with Crippen molar-refractivity contribution in [2.75, 3.05) is 5.75 Å². The third-order valence-corrected chi connectivity index (χ3v) is 3.89. The Morgan fingerprint density at radius 2 is 1.80 bits per heavy atom. The van der Waals surface area contributed by atoms with E-state index in [4.69, 9.17) is 5.11 Å². The van der Waals surface area contributed by atoms with Gasteiger partial charge in [-0.05, 0) is 38.8 Å². The molecule has 0 bridgehead atoms. The number of aliphatic carboxylic acids is 1. The summed E-state index contributed by atoms with van der Waals surface area (Å²) in [5.74, 6) is -0.130. The van der Waals surface area contributed by atoms with Crippen molar-refractivity contribution in [1.82, 2.24) is 14.8 Å². The highest BCUT2D eigenvalue weighted by atomic mass is 32.2. The van der Waals surface area contributed by atoms with Crippen LogP contribution in [0.5, 0.6) is 0 Å². The highest BCUT2D eigenvalue weighted by molar-refractivity contribution is 7.99.